The smallest absolute Gasteiger partial charge is 0.230 e. The summed E-state index contributed by atoms with van der Waals surface area (Å²) in [6, 6.07) is 21.3. The number of rotatable bonds is 6. The first-order chi connectivity index (χ1) is 12.2. The van der Waals surface area contributed by atoms with Crippen molar-refractivity contribution in [3.63, 3.8) is 0 Å². The molecular weight excluding hydrogens is 326 g/mol. The van der Waals surface area contributed by atoms with Gasteiger partial charge in [-0.3, -0.25) is 4.79 Å². The molecule has 1 aliphatic rings. The SMILES string of the molecule is CC1CCC(NC(=O)CSC(c2ccccc2)c2ccccc2)CC1. The third-order valence-electron chi connectivity index (χ3n) is 4.97. The second kappa shape index (κ2) is 9.10. The highest BCUT2D eigenvalue weighted by Crippen LogP contribution is 2.35. The van der Waals surface area contributed by atoms with Gasteiger partial charge in [-0.15, -0.1) is 11.8 Å². The van der Waals surface area contributed by atoms with Crippen LogP contribution in [0.3, 0.4) is 0 Å². The lowest BCUT2D eigenvalue weighted by atomic mass is 9.87. The van der Waals surface area contributed by atoms with Crippen LogP contribution in [0.4, 0.5) is 0 Å². The summed E-state index contributed by atoms with van der Waals surface area (Å²) < 4.78 is 0. The lowest BCUT2D eigenvalue weighted by Crippen LogP contribution is -2.38. The summed E-state index contributed by atoms with van der Waals surface area (Å²) in [5.74, 6) is 1.48. The van der Waals surface area contributed by atoms with Crippen molar-refractivity contribution in [1.82, 2.24) is 5.32 Å². The molecule has 2 aromatic carbocycles. The molecule has 0 bridgehead atoms. The highest BCUT2D eigenvalue weighted by atomic mass is 32.2. The second-order valence-corrected chi connectivity index (χ2v) is 8.13. The van der Waals surface area contributed by atoms with E-state index in [1.165, 1.54) is 24.0 Å². The minimum Gasteiger partial charge on any atom is -0.353 e. The summed E-state index contributed by atoms with van der Waals surface area (Å²) in [6.45, 7) is 2.30. The van der Waals surface area contributed by atoms with Gasteiger partial charge in [-0.05, 0) is 42.7 Å². The molecule has 25 heavy (non-hydrogen) atoms. The number of hydrogen-bond acceptors (Lipinski definition) is 2. The van der Waals surface area contributed by atoms with Crippen LogP contribution in [0.15, 0.2) is 60.7 Å². The topological polar surface area (TPSA) is 29.1 Å². The fourth-order valence-corrected chi connectivity index (χ4v) is 4.57. The van der Waals surface area contributed by atoms with Gasteiger partial charge in [-0.25, -0.2) is 0 Å². The number of carbonyl (C=O) groups is 1. The van der Waals surface area contributed by atoms with E-state index in [4.69, 9.17) is 0 Å². The zero-order chi connectivity index (χ0) is 17.5. The summed E-state index contributed by atoms with van der Waals surface area (Å²) in [5.41, 5.74) is 2.50. The predicted molar refractivity (Wildman–Crippen MR) is 107 cm³/mol. The zero-order valence-corrected chi connectivity index (χ0v) is 15.7. The van der Waals surface area contributed by atoms with E-state index in [9.17, 15) is 4.79 Å². The molecule has 1 aliphatic carbocycles. The fraction of sp³-hybridized carbons (Fsp3) is 0.409. The van der Waals surface area contributed by atoms with E-state index in [0.29, 0.717) is 11.8 Å². The quantitative estimate of drug-likeness (QED) is 0.773. The van der Waals surface area contributed by atoms with Crippen LogP contribution in [0.25, 0.3) is 0 Å². The number of hydrogen-bond donors (Lipinski definition) is 1. The Morgan fingerprint density at radius 3 is 2.00 bits per heavy atom. The van der Waals surface area contributed by atoms with Crippen molar-refractivity contribution < 1.29 is 4.79 Å². The molecule has 0 heterocycles. The van der Waals surface area contributed by atoms with Crippen LogP contribution in [-0.4, -0.2) is 17.7 Å². The van der Waals surface area contributed by atoms with Crippen molar-refractivity contribution in [3.8, 4) is 0 Å². The maximum atomic E-state index is 12.4. The van der Waals surface area contributed by atoms with E-state index >= 15 is 0 Å². The van der Waals surface area contributed by atoms with Crippen molar-refractivity contribution in [2.45, 2.75) is 43.9 Å². The summed E-state index contributed by atoms with van der Waals surface area (Å²) in [6.07, 6.45) is 4.71. The molecule has 1 amide bonds. The lowest BCUT2D eigenvalue weighted by Gasteiger charge is -2.27. The maximum absolute atomic E-state index is 12.4. The van der Waals surface area contributed by atoms with Gasteiger partial charge in [0.25, 0.3) is 0 Å². The molecule has 2 nitrogen and oxygen atoms in total. The van der Waals surface area contributed by atoms with Crippen LogP contribution >= 0.6 is 11.8 Å². The Morgan fingerprint density at radius 1 is 0.960 bits per heavy atom. The highest BCUT2D eigenvalue weighted by Gasteiger charge is 2.21. The van der Waals surface area contributed by atoms with Crippen LogP contribution in [0.2, 0.25) is 0 Å². The van der Waals surface area contributed by atoms with Gasteiger partial charge in [0.2, 0.25) is 5.91 Å². The van der Waals surface area contributed by atoms with E-state index in [-0.39, 0.29) is 11.2 Å². The average Bonchev–Trinajstić information content (AvgIpc) is 2.66. The molecule has 0 spiro atoms. The van der Waals surface area contributed by atoms with Crippen molar-refractivity contribution in [3.05, 3.63) is 71.8 Å². The minimum atomic E-state index is 0.168. The number of carbonyl (C=O) groups excluding carboxylic acids is 1. The van der Waals surface area contributed by atoms with Crippen LogP contribution in [0.5, 0.6) is 0 Å². The Bertz CT molecular complexity index is 611. The Hall–Kier alpha value is -1.74. The van der Waals surface area contributed by atoms with Crippen LogP contribution in [0.1, 0.15) is 49.0 Å². The summed E-state index contributed by atoms with van der Waals surface area (Å²) in [7, 11) is 0. The molecule has 0 radical (unpaired) electrons. The van der Waals surface area contributed by atoms with Gasteiger partial charge >= 0.3 is 0 Å². The third-order valence-corrected chi connectivity index (χ3v) is 6.27. The Labute approximate surface area is 155 Å². The van der Waals surface area contributed by atoms with E-state index < -0.39 is 0 Å². The number of benzene rings is 2. The number of nitrogens with one attached hydrogen (secondary N) is 1. The first kappa shape index (κ1) is 18.1. The first-order valence-electron chi connectivity index (χ1n) is 9.23. The standard InChI is InChI=1S/C22H27NOS/c1-17-12-14-20(15-13-17)23-21(24)16-25-22(18-8-4-2-5-9-18)19-10-6-3-7-11-19/h2-11,17,20,22H,12-16H2,1H3,(H,23,24). The van der Waals surface area contributed by atoms with Gasteiger partial charge in [-0.2, -0.15) is 0 Å². The molecule has 1 N–H and O–H groups in total. The molecule has 3 heteroatoms. The van der Waals surface area contributed by atoms with Gasteiger partial charge in [0.1, 0.15) is 0 Å². The lowest BCUT2D eigenvalue weighted by molar-refractivity contribution is -0.119. The van der Waals surface area contributed by atoms with E-state index in [2.05, 4.69) is 60.8 Å². The summed E-state index contributed by atoms with van der Waals surface area (Å²) >= 11 is 1.71. The van der Waals surface area contributed by atoms with Crippen molar-refractivity contribution in [1.29, 1.82) is 0 Å². The molecule has 2 aromatic rings. The summed E-state index contributed by atoms with van der Waals surface area (Å²) in [4.78, 5) is 12.4. The molecule has 0 unspecified atom stereocenters. The zero-order valence-electron chi connectivity index (χ0n) is 14.9. The van der Waals surface area contributed by atoms with Gasteiger partial charge in [0, 0.05) is 6.04 Å². The monoisotopic (exact) mass is 353 g/mol. The molecule has 0 aliphatic heterocycles. The van der Waals surface area contributed by atoms with Gasteiger partial charge in [0.05, 0.1) is 11.0 Å². The van der Waals surface area contributed by atoms with Crippen LogP contribution in [-0.2, 0) is 4.79 Å². The van der Waals surface area contributed by atoms with Crippen LogP contribution in [0, 0.1) is 5.92 Å². The minimum absolute atomic E-state index is 0.168. The largest absolute Gasteiger partial charge is 0.353 e. The molecule has 1 saturated carbocycles. The summed E-state index contributed by atoms with van der Waals surface area (Å²) in [5, 5.41) is 3.43. The predicted octanol–water partition coefficient (Wildman–Crippen LogP) is 5.20. The maximum Gasteiger partial charge on any atom is 0.230 e. The fourth-order valence-electron chi connectivity index (χ4n) is 3.47. The average molecular weight is 354 g/mol. The van der Waals surface area contributed by atoms with E-state index in [0.717, 1.165) is 18.8 Å². The Balaban J connectivity index is 1.60. The molecular formula is C22H27NOS. The molecule has 1 fully saturated rings. The molecule has 132 valence electrons. The second-order valence-electron chi connectivity index (χ2n) is 7.04. The Morgan fingerprint density at radius 2 is 1.48 bits per heavy atom. The van der Waals surface area contributed by atoms with E-state index in [1.54, 1.807) is 11.8 Å². The molecule has 0 saturated heterocycles. The highest BCUT2D eigenvalue weighted by molar-refractivity contribution is 8.00. The number of thioether (sulfide) groups is 1. The van der Waals surface area contributed by atoms with E-state index in [1.807, 2.05) is 12.1 Å². The Kier molecular flexibility index (Phi) is 6.57. The molecule has 0 aromatic heterocycles. The van der Waals surface area contributed by atoms with Crippen molar-refractivity contribution in [2.24, 2.45) is 5.92 Å². The van der Waals surface area contributed by atoms with Crippen LogP contribution < -0.4 is 5.32 Å². The molecule has 3 rings (SSSR count). The first-order valence-corrected chi connectivity index (χ1v) is 10.3. The van der Waals surface area contributed by atoms with Gasteiger partial charge in [-0.1, -0.05) is 67.6 Å². The van der Waals surface area contributed by atoms with Crippen molar-refractivity contribution in [2.75, 3.05) is 5.75 Å². The van der Waals surface area contributed by atoms with Gasteiger partial charge < -0.3 is 5.32 Å². The normalized spacial score (nSPS) is 20.4. The third kappa shape index (κ3) is 5.37. The van der Waals surface area contributed by atoms with Gasteiger partial charge in [0.15, 0.2) is 0 Å². The van der Waals surface area contributed by atoms with Crippen molar-refractivity contribution >= 4 is 17.7 Å². The number of amides is 1. The molecule has 0 atom stereocenters.